The van der Waals surface area contributed by atoms with Gasteiger partial charge in [-0.2, -0.15) is 0 Å². The molecule has 0 unspecified atom stereocenters. The molecule has 0 N–H and O–H groups in total. The maximum absolute atomic E-state index is 10.4. The number of hydrogen-bond donors (Lipinski definition) is 0. The Kier molecular flexibility index (Phi) is 6.09. The Bertz CT molecular complexity index is 72.8. The molecule has 0 aliphatic carbocycles. The summed E-state index contributed by atoms with van der Waals surface area (Å²) in [5.74, 6) is 0. The van der Waals surface area contributed by atoms with Gasteiger partial charge in [0, 0.05) is 0 Å². The van der Waals surface area contributed by atoms with Crippen LogP contribution < -0.4 is 0 Å². The van der Waals surface area contributed by atoms with Crippen LogP contribution in [-0.4, -0.2) is 26.8 Å². The van der Waals surface area contributed by atoms with E-state index in [0.717, 1.165) is 12.8 Å². The molecule has 0 spiro atoms. The van der Waals surface area contributed by atoms with Gasteiger partial charge in [-0.25, -0.2) is 0 Å². The molecule has 0 saturated carbocycles. The molecule has 0 aliphatic rings. The fourth-order valence-electron chi connectivity index (χ4n) is 0.360. The van der Waals surface area contributed by atoms with Gasteiger partial charge in [-0.3, -0.25) is 0 Å². The van der Waals surface area contributed by atoms with Crippen LogP contribution in [0.1, 0.15) is 19.8 Å². The fourth-order valence-corrected chi connectivity index (χ4v) is 1.59. The van der Waals surface area contributed by atoms with Crippen LogP contribution in [0.2, 0.25) is 4.94 Å². The molecule has 3 heteroatoms. The quantitative estimate of drug-likeness (QED) is 0.531. The molecule has 0 bridgehead atoms. The minimum atomic E-state index is -2.41. The van der Waals surface area contributed by atoms with Crippen LogP contribution in [0.15, 0.2) is 0 Å². The molecule has 8 heavy (non-hydrogen) atoms. The summed E-state index contributed by atoms with van der Waals surface area (Å²) < 4.78 is 15.3. The zero-order chi connectivity index (χ0) is 6.41. The molecule has 0 saturated heterocycles. The van der Waals surface area contributed by atoms with E-state index in [0.29, 0.717) is 6.61 Å². The van der Waals surface area contributed by atoms with Crippen LogP contribution in [0, 0.1) is 0 Å². The molecular formula is C5H12O2Sn. The predicted molar refractivity (Wildman–Crippen MR) is 33.2 cm³/mol. The Hall–Kier alpha value is 0.559. The van der Waals surface area contributed by atoms with E-state index >= 15 is 0 Å². The van der Waals surface area contributed by atoms with Crippen molar-refractivity contribution >= 4 is 20.2 Å². The van der Waals surface area contributed by atoms with Crippen LogP contribution in [0.3, 0.4) is 0 Å². The standard InChI is InChI=1S/C4H9O.CH3.O.Sn/c1-2-3-4-5;;;/h2-4H2,1H3;1H3;;/q-1;;;+1. The number of rotatable bonds is 4. The maximum atomic E-state index is 10.4. The molecule has 48 valence electrons. The van der Waals surface area contributed by atoms with Crippen LogP contribution >= 0.6 is 0 Å². The Morgan fingerprint density at radius 1 is 1.62 bits per heavy atom. The fraction of sp³-hybridized carbons (Fsp3) is 1.00. The third kappa shape index (κ3) is 6.56. The first-order chi connectivity index (χ1) is 3.77. The Balaban J connectivity index is 2.82. The van der Waals surface area contributed by atoms with E-state index in [-0.39, 0.29) is 0 Å². The van der Waals surface area contributed by atoms with Gasteiger partial charge in [-0.15, -0.1) is 0 Å². The second kappa shape index (κ2) is 5.69. The second-order valence-corrected chi connectivity index (χ2v) is 5.32. The molecule has 0 rings (SSSR count). The van der Waals surface area contributed by atoms with E-state index in [1.807, 2.05) is 0 Å². The summed E-state index contributed by atoms with van der Waals surface area (Å²) in [6, 6.07) is 0. The van der Waals surface area contributed by atoms with E-state index in [4.69, 9.17) is 3.07 Å². The van der Waals surface area contributed by atoms with Crippen molar-refractivity contribution in [3.63, 3.8) is 0 Å². The summed E-state index contributed by atoms with van der Waals surface area (Å²) in [6.07, 6.45) is 2.16. The van der Waals surface area contributed by atoms with Gasteiger partial charge in [0.2, 0.25) is 0 Å². The van der Waals surface area contributed by atoms with E-state index in [1.54, 1.807) is 4.94 Å². The van der Waals surface area contributed by atoms with Crippen LogP contribution in [0.25, 0.3) is 0 Å². The molecule has 0 amide bonds. The topological polar surface area (TPSA) is 26.3 Å². The van der Waals surface area contributed by atoms with Crippen molar-refractivity contribution in [1.29, 1.82) is 0 Å². The van der Waals surface area contributed by atoms with Crippen molar-refractivity contribution in [2.45, 2.75) is 24.7 Å². The van der Waals surface area contributed by atoms with Crippen molar-refractivity contribution in [3.8, 4) is 0 Å². The molecule has 0 aromatic rings. The SMILES string of the molecule is CCCC[O][Sn]([CH3])=[O]. The second-order valence-electron chi connectivity index (χ2n) is 1.69. The van der Waals surface area contributed by atoms with E-state index in [2.05, 4.69) is 6.92 Å². The van der Waals surface area contributed by atoms with Crippen molar-refractivity contribution in [3.05, 3.63) is 0 Å². The average Bonchev–Trinajstić information content (AvgIpc) is 1.66. The van der Waals surface area contributed by atoms with Gasteiger partial charge in [0.1, 0.15) is 0 Å². The van der Waals surface area contributed by atoms with Gasteiger partial charge >= 0.3 is 57.6 Å². The Labute approximate surface area is 57.9 Å². The zero-order valence-electron chi connectivity index (χ0n) is 5.44. The van der Waals surface area contributed by atoms with E-state index in [9.17, 15) is 3.08 Å². The molecule has 0 aromatic carbocycles. The molecule has 0 aliphatic heterocycles. The summed E-state index contributed by atoms with van der Waals surface area (Å²) in [5, 5.41) is 0. The van der Waals surface area contributed by atoms with Gasteiger partial charge in [-0.05, 0) is 0 Å². The first-order valence-electron chi connectivity index (χ1n) is 2.90. The first kappa shape index (κ1) is 8.56. The van der Waals surface area contributed by atoms with Gasteiger partial charge in [0.25, 0.3) is 0 Å². The van der Waals surface area contributed by atoms with Crippen LogP contribution in [0.5, 0.6) is 0 Å². The number of unbranched alkanes of at least 4 members (excludes halogenated alkanes) is 1. The van der Waals surface area contributed by atoms with Gasteiger partial charge in [-0.1, -0.05) is 0 Å². The molecule has 0 fully saturated rings. The Morgan fingerprint density at radius 3 is 2.62 bits per heavy atom. The van der Waals surface area contributed by atoms with Crippen molar-refractivity contribution in [1.82, 2.24) is 0 Å². The summed E-state index contributed by atoms with van der Waals surface area (Å²) in [4.78, 5) is 1.71. The average molecular weight is 223 g/mol. The molecule has 0 aromatic heterocycles. The molecule has 0 heterocycles. The normalized spacial score (nSPS) is 9.25. The summed E-state index contributed by atoms with van der Waals surface area (Å²) in [7, 11) is 0. The van der Waals surface area contributed by atoms with Gasteiger partial charge in [0.15, 0.2) is 0 Å². The third-order valence-electron chi connectivity index (χ3n) is 0.803. The van der Waals surface area contributed by atoms with Crippen molar-refractivity contribution < 1.29 is 6.15 Å². The summed E-state index contributed by atoms with van der Waals surface area (Å²) >= 11 is -2.41. The Morgan fingerprint density at radius 2 is 2.25 bits per heavy atom. The molecule has 2 nitrogen and oxygen atoms in total. The van der Waals surface area contributed by atoms with E-state index < -0.39 is 20.2 Å². The van der Waals surface area contributed by atoms with Crippen molar-refractivity contribution in [2.24, 2.45) is 0 Å². The number of hydrogen-bond acceptors (Lipinski definition) is 2. The predicted octanol–water partition coefficient (Wildman–Crippen LogP) is 1.35. The van der Waals surface area contributed by atoms with Gasteiger partial charge < -0.3 is 0 Å². The van der Waals surface area contributed by atoms with Crippen LogP contribution in [0.4, 0.5) is 0 Å². The van der Waals surface area contributed by atoms with Crippen LogP contribution in [-0.2, 0) is 6.15 Å². The molecular weight excluding hydrogens is 211 g/mol. The summed E-state index contributed by atoms with van der Waals surface area (Å²) in [5.41, 5.74) is 0. The summed E-state index contributed by atoms with van der Waals surface area (Å²) in [6.45, 7) is 2.79. The molecule has 0 radical (unpaired) electrons. The van der Waals surface area contributed by atoms with E-state index in [1.165, 1.54) is 0 Å². The molecule has 0 atom stereocenters. The third-order valence-corrected chi connectivity index (χ3v) is 2.55. The van der Waals surface area contributed by atoms with Gasteiger partial charge in [0.05, 0.1) is 0 Å². The minimum absolute atomic E-state index is 0.700. The first-order valence-corrected chi connectivity index (χ1v) is 8.09. The zero-order valence-corrected chi connectivity index (χ0v) is 8.29. The van der Waals surface area contributed by atoms with Crippen molar-refractivity contribution in [2.75, 3.05) is 6.61 Å². The monoisotopic (exact) mass is 224 g/mol.